The predicted molar refractivity (Wildman–Crippen MR) is 79.9 cm³/mol. The number of rotatable bonds is 3. The fourth-order valence-corrected chi connectivity index (χ4v) is 2.65. The molecule has 2 rings (SSSR count). The first-order chi connectivity index (χ1) is 8.17. The second kappa shape index (κ2) is 7.38. The molecule has 0 unspecified atom stereocenters. The summed E-state index contributed by atoms with van der Waals surface area (Å²) in [5.74, 6) is 0.815. The molecule has 4 nitrogen and oxygen atoms in total. The summed E-state index contributed by atoms with van der Waals surface area (Å²) in [6, 6.07) is 2.59. The fraction of sp³-hybridized carbons (Fsp3) is 0.636. The molecular weight excluding hydrogens is 291 g/mol. The van der Waals surface area contributed by atoms with Gasteiger partial charge in [0.25, 0.3) is 0 Å². The van der Waals surface area contributed by atoms with E-state index in [2.05, 4.69) is 15.3 Å². The lowest BCUT2D eigenvalue weighted by Gasteiger charge is -2.27. The Balaban J connectivity index is 0.00000162. The topological polar surface area (TPSA) is 63.8 Å². The zero-order valence-electron chi connectivity index (χ0n) is 10.2. The van der Waals surface area contributed by atoms with Gasteiger partial charge in [0.2, 0.25) is 0 Å². The van der Waals surface area contributed by atoms with E-state index >= 15 is 0 Å². The highest BCUT2D eigenvalue weighted by atomic mass is 35.5. The zero-order chi connectivity index (χ0) is 12.3. The molecule has 18 heavy (non-hydrogen) atoms. The second-order valence-electron chi connectivity index (χ2n) is 4.32. The molecule has 0 spiro atoms. The van der Waals surface area contributed by atoms with Crippen molar-refractivity contribution in [3.8, 4) is 0 Å². The summed E-state index contributed by atoms with van der Waals surface area (Å²) in [6.07, 6.45) is 6.28. The Kier molecular flexibility index (Phi) is 6.49. The number of thioether (sulfide) groups is 1. The summed E-state index contributed by atoms with van der Waals surface area (Å²) in [7, 11) is 0. The van der Waals surface area contributed by atoms with Crippen LogP contribution in [0.15, 0.2) is 11.2 Å². The van der Waals surface area contributed by atoms with Crippen LogP contribution in [0.25, 0.3) is 0 Å². The Morgan fingerprint density at radius 1 is 1.33 bits per heavy atom. The number of hydrogen-bond acceptors (Lipinski definition) is 5. The Hall–Kier alpha value is -0.230. The van der Waals surface area contributed by atoms with E-state index in [4.69, 9.17) is 17.3 Å². The third-order valence-electron chi connectivity index (χ3n) is 2.98. The van der Waals surface area contributed by atoms with Crippen LogP contribution in [-0.4, -0.2) is 28.3 Å². The van der Waals surface area contributed by atoms with Crippen LogP contribution in [0.4, 0.5) is 5.82 Å². The quantitative estimate of drug-likeness (QED) is 0.510. The van der Waals surface area contributed by atoms with E-state index in [1.165, 1.54) is 11.8 Å². The predicted octanol–water partition coefficient (Wildman–Crippen LogP) is 2.96. The first kappa shape index (κ1) is 15.8. The van der Waals surface area contributed by atoms with Crippen LogP contribution in [0.5, 0.6) is 0 Å². The molecule has 0 saturated heterocycles. The molecule has 1 aliphatic rings. The minimum absolute atomic E-state index is 0. The van der Waals surface area contributed by atoms with E-state index in [-0.39, 0.29) is 12.4 Å². The van der Waals surface area contributed by atoms with Gasteiger partial charge in [0, 0.05) is 18.2 Å². The van der Waals surface area contributed by atoms with Gasteiger partial charge in [0.15, 0.2) is 5.16 Å². The third kappa shape index (κ3) is 4.46. The maximum absolute atomic E-state index is 5.95. The highest BCUT2D eigenvalue weighted by Gasteiger charge is 2.18. The molecular formula is C11H18Cl2N4S. The van der Waals surface area contributed by atoms with Gasteiger partial charge in [-0.25, -0.2) is 9.97 Å². The molecule has 0 aliphatic heterocycles. The number of aromatic nitrogens is 2. The van der Waals surface area contributed by atoms with E-state index < -0.39 is 0 Å². The van der Waals surface area contributed by atoms with Gasteiger partial charge < -0.3 is 11.1 Å². The number of hydrogen-bond donors (Lipinski definition) is 2. The van der Waals surface area contributed by atoms with Crippen LogP contribution in [0.2, 0.25) is 5.15 Å². The van der Waals surface area contributed by atoms with Crippen molar-refractivity contribution in [3.63, 3.8) is 0 Å². The average molecular weight is 309 g/mol. The molecule has 1 aliphatic carbocycles. The van der Waals surface area contributed by atoms with Gasteiger partial charge in [0.05, 0.1) is 0 Å². The van der Waals surface area contributed by atoms with E-state index in [1.54, 1.807) is 6.07 Å². The Morgan fingerprint density at radius 3 is 2.61 bits per heavy atom. The molecule has 3 N–H and O–H groups in total. The number of halogens is 2. The molecule has 0 radical (unpaired) electrons. The first-order valence-corrected chi connectivity index (χ1v) is 7.38. The van der Waals surface area contributed by atoms with Crippen molar-refractivity contribution in [1.29, 1.82) is 0 Å². The van der Waals surface area contributed by atoms with Crippen molar-refractivity contribution in [2.75, 3.05) is 11.6 Å². The summed E-state index contributed by atoms with van der Waals surface area (Å²) in [4.78, 5) is 8.50. The van der Waals surface area contributed by atoms with Gasteiger partial charge >= 0.3 is 0 Å². The smallest absolute Gasteiger partial charge is 0.190 e. The molecule has 0 amide bonds. The van der Waals surface area contributed by atoms with Crippen LogP contribution in [0.3, 0.4) is 0 Å². The van der Waals surface area contributed by atoms with E-state index in [9.17, 15) is 0 Å². The summed E-state index contributed by atoms with van der Waals surface area (Å²) < 4.78 is 0. The molecule has 1 aromatic rings. The van der Waals surface area contributed by atoms with Crippen molar-refractivity contribution in [3.05, 3.63) is 11.2 Å². The lowest BCUT2D eigenvalue weighted by Crippen LogP contribution is -2.33. The van der Waals surface area contributed by atoms with E-state index in [0.717, 1.165) is 31.5 Å². The van der Waals surface area contributed by atoms with Crippen LogP contribution < -0.4 is 11.1 Å². The minimum Gasteiger partial charge on any atom is -0.367 e. The molecule has 1 aromatic heterocycles. The maximum Gasteiger partial charge on any atom is 0.190 e. The summed E-state index contributed by atoms with van der Waals surface area (Å²) in [5.41, 5.74) is 5.88. The zero-order valence-corrected chi connectivity index (χ0v) is 12.6. The lowest BCUT2D eigenvalue weighted by molar-refractivity contribution is 0.410. The van der Waals surface area contributed by atoms with Crippen LogP contribution >= 0.6 is 35.8 Å². The van der Waals surface area contributed by atoms with Gasteiger partial charge in [-0.2, -0.15) is 0 Å². The van der Waals surface area contributed by atoms with E-state index in [1.807, 2.05) is 6.26 Å². The molecule has 0 bridgehead atoms. The van der Waals surface area contributed by atoms with Crippen molar-refractivity contribution >= 4 is 41.6 Å². The van der Waals surface area contributed by atoms with Gasteiger partial charge in [0.1, 0.15) is 11.0 Å². The summed E-state index contributed by atoms with van der Waals surface area (Å²) in [5, 5.41) is 4.60. The number of nitrogens with one attached hydrogen (secondary N) is 1. The minimum atomic E-state index is 0. The van der Waals surface area contributed by atoms with Crippen LogP contribution in [-0.2, 0) is 0 Å². The molecule has 0 aromatic carbocycles. The lowest BCUT2D eigenvalue weighted by atomic mass is 9.92. The monoisotopic (exact) mass is 308 g/mol. The number of nitrogens with two attached hydrogens (primary N) is 1. The van der Waals surface area contributed by atoms with Gasteiger partial charge in [-0.05, 0) is 31.9 Å². The van der Waals surface area contributed by atoms with Crippen LogP contribution in [0.1, 0.15) is 25.7 Å². The highest BCUT2D eigenvalue weighted by molar-refractivity contribution is 7.98. The number of nitrogens with zero attached hydrogens (tertiary/aromatic N) is 2. The Labute approximate surface area is 123 Å². The second-order valence-corrected chi connectivity index (χ2v) is 5.48. The normalized spacial score (nSPS) is 23.3. The third-order valence-corrected chi connectivity index (χ3v) is 3.72. The fourth-order valence-electron chi connectivity index (χ4n) is 2.03. The summed E-state index contributed by atoms with van der Waals surface area (Å²) in [6.45, 7) is 0. The van der Waals surface area contributed by atoms with Gasteiger partial charge in [-0.15, -0.1) is 12.4 Å². The van der Waals surface area contributed by atoms with Gasteiger partial charge in [-0.1, -0.05) is 23.4 Å². The Morgan fingerprint density at radius 2 is 2.00 bits per heavy atom. The van der Waals surface area contributed by atoms with Crippen molar-refractivity contribution < 1.29 is 0 Å². The molecule has 7 heteroatoms. The average Bonchev–Trinajstić information content (AvgIpc) is 2.31. The van der Waals surface area contributed by atoms with Gasteiger partial charge in [-0.3, -0.25) is 0 Å². The highest BCUT2D eigenvalue weighted by Crippen LogP contribution is 2.23. The number of anilines is 1. The first-order valence-electron chi connectivity index (χ1n) is 5.78. The Bertz CT molecular complexity index is 383. The summed E-state index contributed by atoms with van der Waals surface area (Å²) >= 11 is 7.44. The van der Waals surface area contributed by atoms with Crippen molar-refractivity contribution in [1.82, 2.24) is 9.97 Å². The maximum atomic E-state index is 5.95. The standard InChI is InChI=1S/C11H17ClN4S.ClH/c1-17-11-15-9(12)6-10(16-11)14-8-4-2-7(13)3-5-8;/h6-8H,2-5,13H2,1H3,(H,14,15,16);1H. The largest absolute Gasteiger partial charge is 0.367 e. The van der Waals surface area contributed by atoms with Crippen molar-refractivity contribution in [2.24, 2.45) is 5.73 Å². The van der Waals surface area contributed by atoms with Crippen LogP contribution in [0, 0.1) is 0 Å². The molecule has 1 saturated carbocycles. The SMILES string of the molecule is CSc1nc(Cl)cc(NC2CCC(N)CC2)n1.Cl. The molecule has 102 valence electrons. The van der Waals surface area contributed by atoms with E-state index in [0.29, 0.717) is 22.4 Å². The van der Waals surface area contributed by atoms with Crippen molar-refractivity contribution in [2.45, 2.75) is 42.9 Å². The molecule has 0 atom stereocenters. The molecule has 1 fully saturated rings. The molecule has 1 heterocycles.